The zero-order valence-electron chi connectivity index (χ0n) is 7.99. The molecule has 1 aromatic rings. The molecule has 3 heteroatoms. The molecule has 1 rings (SSSR count). The second kappa shape index (κ2) is 5.03. The summed E-state index contributed by atoms with van der Waals surface area (Å²) in [6, 6.07) is 5.72. The molecule has 0 bridgehead atoms. The van der Waals surface area contributed by atoms with Crippen LogP contribution >= 0.6 is 0 Å². The first kappa shape index (κ1) is 10.3. The molecule has 0 N–H and O–H groups in total. The summed E-state index contributed by atoms with van der Waals surface area (Å²) in [5, 5.41) is 0. The summed E-state index contributed by atoms with van der Waals surface area (Å²) >= 11 is 0. The third kappa shape index (κ3) is 3.28. The molecule has 0 saturated carbocycles. The van der Waals surface area contributed by atoms with Crippen molar-refractivity contribution in [2.24, 2.45) is 0 Å². The van der Waals surface area contributed by atoms with Crippen molar-refractivity contribution < 1.29 is 9.53 Å². The average molecular weight is 189 g/mol. The molecule has 0 fully saturated rings. The van der Waals surface area contributed by atoms with E-state index in [-0.39, 0.29) is 6.61 Å². The van der Waals surface area contributed by atoms with E-state index in [1.807, 2.05) is 31.0 Å². The van der Waals surface area contributed by atoms with Gasteiger partial charge in [0.2, 0.25) is 0 Å². The summed E-state index contributed by atoms with van der Waals surface area (Å²) in [5.41, 5.74) is 1.85. The van der Waals surface area contributed by atoms with Crippen molar-refractivity contribution in [2.75, 3.05) is 6.61 Å². The zero-order chi connectivity index (χ0) is 10.4. The largest absolute Gasteiger partial charge is 0.456 e. The number of esters is 1. The predicted octanol–water partition coefficient (Wildman–Crippen LogP) is 1.11. The van der Waals surface area contributed by atoms with E-state index >= 15 is 0 Å². The summed E-state index contributed by atoms with van der Waals surface area (Å²) in [6.45, 7) is 2.19. The second-order valence-electron chi connectivity index (χ2n) is 2.80. The van der Waals surface area contributed by atoms with Crippen LogP contribution in [-0.2, 0) is 16.0 Å². The molecule has 1 heterocycles. The molecule has 0 spiro atoms. The lowest BCUT2D eigenvalue weighted by molar-refractivity contribution is -0.136. The molecule has 0 aliphatic rings. The number of hydrogen-bond donors (Lipinski definition) is 0. The summed E-state index contributed by atoms with van der Waals surface area (Å²) in [5.74, 6) is 1.25. The number of pyridine rings is 1. The van der Waals surface area contributed by atoms with Crippen LogP contribution in [0.3, 0.4) is 0 Å². The Hall–Kier alpha value is -1.82. The van der Waals surface area contributed by atoms with E-state index < -0.39 is 5.97 Å². The minimum Gasteiger partial charge on any atom is -0.456 e. The third-order valence-corrected chi connectivity index (χ3v) is 1.66. The van der Waals surface area contributed by atoms with E-state index in [1.54, 1.807) is 0 Å². The van der Waals surface area contributed by atoms with Gasteiger partial charge >= 0.3 is 5.97 Å². The predicted molar refractivity (Wildman–Crippen MR) is 52.5 cm³/mol. The molecule has 0 aliphatic heterocycles. The van der Waals surface area contributed by atoms with Crippen LogP contribution in [0.25, 0.3) is 0 Å². The molecule has 14 heavy (non-hydrogen) atoms. The van der Waals surface area contributed by atoms with Crippen molar-refractivity contribution in [3.8, 4) is 12.3 Å². The van der Waals surface area contributed by atoms with Crippen LogP contribution in [-0.4, -0.2) is 17.6 Å². The van der Waals surface area contributed by atoms with Crippen LogP contribution in [0.4, 0.5) is 0 Å². The molecule has 0 saturated heterocycles. The van der Waals surface area contributed by atoms with Gasteiger partial charge in [-0.25, -0.2) is 4.79 Å². The highest BCUT2D eigenvalue weighted by molar-refractivity contribution is 5.87. The van der Waals surface area contributed by atoms with E-state index in [4.69, 9.17) is 11.2 Å². The Morgan fingerprint density at radius 1 is 1.64 bits per heavy atom. The van der Waals surface area contributed by atoms with Gasteiger partial charge in [-0.1, -0.05) is 6.07 Å². The number of carbonyl (C=O) groups excluding carboxylic acids is 1. The average Bonchev–Trinajstić information content (AvgIpc) is 2.17. The Bertz CT molecular complexity index is 366. The second-order valence-corrected chi connectivity index (χ2v) is 2.80. The van der Waals surface area contributed by atoms with E-state index in [0.717, 1.165) is 11.4 Å². The molecule has 0 amide bonds. The number of nitrogens with zero attached hydrogens (tertiary/aromatic N) is 1. The molecule has 0 radical (unpaired) electrons. The molecule has 0 aromatic carbocycles. The first-order chi connectivity index (χ1) is 6.72. The number of carbonyl (C=O) groups is 1. The first-order valence-corrected chi connectivity index (χ1v) is 4.28. The van der Waals surface area contributed by atoms with Gasteiger partial charge in [-0.2, -0.15) is 0 Å². The van der Waals surface area contributed by atoms with Crippen LogP contribution in [0.1, 0.15) is 11.4 Å². The van der Waals surface area contributed by atoms with Gasteiger partial charge in [0, 0.05) is 23.7 Å². The molecule has 0 atom stereocenters. The highest BCUT2D eigenvalue weighted by Crippen LogP contribution is 1.99. The Labute approximate surface area is 83.1 Å². The van der Waals surface area contributed by atoms with Crippen molar-refractivity contribution in [3.05, 3.63) is 29.6 Å². The molecular formula is C11H11NO2. The fourth-order valence-corrected chi connectivity index (χ4v) is 1.03. The minimum absolute atomic E-state index is 0.277. The third-order valence-electron chi connectivity index (χ3n) is 1.66. The fourth-order valence-electron chi connectivity index (χ4n) is 1.03. The van der Waals surface area contributed by atoms with Crippen LogP contribution < -0.4 is 0 Å². The van der Waals surface area contributed by atoms with Gasteiger partial charge in [0.05, 0.1) is 6.61 Å². The lowest BCUT2D eigenvalue weighted by Crippen LogP contribution is -2.06. The molecule has 0 unspecified atom stereocenters. The van der Waals surface area contributed by atoms with Gasteiger partial charge < -0.3 is 4.74 Å². The lowest BCUT2D eigenvalue weighted by Gasteiger charge is -2.01. The minimum atomic E-state index is -0.627. The zero-order valence-corrected chi connectivity index (χ0v) is 7.99. The lowest BCUT2D eigenvalue weighted by atomic mass is 10.2. The smallest absolute Gasteiger partial charge is 0.384 e. The fraction of sp³-hybridized carbons (Fsp3) is 0.273. The van der Waals surface area contributed by atoms with Crippen LogP contribution in [0, 0.1) is 19.3 Å². The van der Waals surface area contributed by atoms with Gasteiger partial charge in [0.1, 0.15) is 0 Å². The Kier molecular flexibility index (Phi) is 3.69. The normalized spacial score (nSPS) is 9.14. The van der Waals surface area contributed by atoms with Gasteiger partial charge in [0.25, 0.3) is 0 Å². The topological polar surface area (TPSA) is 39.2 Å². The van der Waals surface area contributed by atoms with E-state index in [1.165, 1.54) is 0 Å². The number of aromatic nitrogens is 1. The van der Waals surface area contributed by atoms with Crippen molar-refractivity contribution >= 4 is 5.97 Å². The number of hydrogen-bond acceptors (Lipinski definition) is 3. The molecule has 3 nitrogen and oxygen atoms in total. The molecule has 1 aromatic heterocycles. The maximum atomic E-state index is 10.6. The first-order valence-electron chi connectivity index (χ1n) is 4.28. The number of ether oxygens (including phenoxy) is 1. The SMILES string of the molecule is C#CC(=O)OCCc1cccc(C)n1. The summed E-state index contributed by atoms with van der Waals surface area (Å²) in [7, 11) is 0. The van der Waals surface area contributed by atoms with Gasteiger partial charge in [0.15, 0.2) is 0 Å². The van der Waals surface area contributed by atoms with Crippen LogP contribution in [0.5, 0.6) is 0 Å². The number of aryl methyl sites for hydroxylation is 1. The Morgan fingerprint density at radius 2 is 2.43 bits per heavy atom. The Morgan fingerprint density at radius 3 is 3.07 bits per heavy atom. The molecule has 72 valence electrons. The van der Waals surface area contributed by atoms with E-state index in [2.05, 4.69) is 4.98 Å². The van der Waals surface area contributed by atoms with Crippen LogP contribution in [0.2, 0.25) is 0 Å². The number of terminal acetylenes is 1. The Balaban J connectivity index is 2.39. The monoisotopic (exact) mass is 189 g/mol. The summed E-state index contributed by atoms with van der Waals surface area (Å²) in [4.78, 5) is 14.8. The van der Waals surface area contributed by atoms with Crippen molar-refractivity contribution in [1.29, 1.82) is 0 Å². The molecule has 0 aliphatic carbocycles. The maximum Gasteiger partial charge on any atom is 0.384 e. The van der Waals surface area contributed by atoms with Crippen molar-refractivity contribution in [1.82, 2.24) is 4.98 Å². The summed E-state index contributed by atoms with van der Waals surface area (Å²) in [6.07, 6.45) is 5.43. The van der Waals surface area contributed by atoms with Gasteiger partial charge in [-0.3, -0.25) is 4.98 Å². The van der Waals surface area contributed by atoms with E-state index in [0.29, 0.717) is 6.42 Å². The van der Waals surface area contributed by atoms with Gasteiger partial charge in [-0.15, -0.1) is 6.42 Å². The standard InChI is InChI=1S/C11H11NO2/c1-3-11(13)14-8-7-10-6-4-5-9(2)12-10/h1,4-6H,7-8H2,2H3. The summed E-state index contributed by atoms with van der Waals surface area (Å²) < 4.78 is 4.72. The number of rotatable bonds is 3. The van der Waals surface area contributed by atoms with E-state index in [9.17, 15) is 4.79 Å². The van der Waals surface area contributed by atoms with Crippen LogP contribution in [0.15, 0.2) is 18.2 Å². The highest BCUT2D eigenvalue weighted by atomic mass is 16.5. The van der Waals surface area contributed by atoms with Crippen molar-refractivity contribution in [2.45, 2.75) is 13.3 Å². The quantitative estimate of drug-likeness (QED) is 0.406. The highest BCUT2D eigenvalue weighted by Gasteiger charge is 1.98. The van der Waals surface area contributed by atoms with Gasteiger partial charge in [-0.05, 0) is 19.1 Å². The maximum absolute atomic E-state index is 10.6. The molecular weight excluding hydrogens is 178 g/mol. The van der Waals surface area contributed by atoms with Crippen molar-refractivity contribution in [3.63, 3.8) is 0 Å².